The molecule has 0 aromatic heterocycles. The van der Waals surface area contributed by atoms with E-state index in [0.29, 0.717) is 24.6 Å². The zero-order valence-corrected chi connectivity index (χ0v) is 9.08. The highest BCUT2D eigenvalue weighted by Crippen LogP contribution is 2.24. The zero-order chi connectivity index (χ0) is 9.97. The first kappa shape index (κ1) is 10.4. The molecule has 0 aromatic rings. The second-order valence-corrected chi connectivity index (χ2v) is 4.89. The Balaban J connectivity index is 1.82. The molecular formula is C11H22N2O. The van der Waals surface area contributed by atoms with Crippen LogP contribution in [0.25, 0.3) is 0 Å². The standard InChI is InChI=1S/C11H22N2O/c1-13-6-2-3-9(7-13)11(8-14)12-10-4-5-10/h9-12,14H,2-8H2,1H3. The van der Waals surface area contributed by atoms with Crippen molar-refractivity contribution in [1.82, 2.24) is 10.2 Å². The van der Waals surface area contributed by atoms with Gasteiger partial charge in [0.25, 0.3) is 0 Å². The van der Waals surface area contributed by atoms with Crippen LogP contribution in [0.3, 0.4) is 0 Å². The van der Waals surface area contributed by atoms with Crippen LogP contribution in [0.2, 0.25) is 0 Å². The maximum atomic E-state index is 9.36. The van der Waals surface area contributed by atoms with Gasteiger partial charge in [0.15, 0.2) is 0 Å². The quantitative estimate of drug-likeness (QED) is 0.688. The molecule has 14 heavy (non-hydrogen) atoms. The molecule has 1 saturated heterocycles. The SMILES string of the molecule is CN1CCCC(C(CO)NC2CC2)C1. The Morgan fingerprint density at radius 2 is 2.21 bits per heavy atom. The lowest BCUT2D eigenvalue weighted by Crippen LogP contribution is -2.47. The molecule has 2 rings (SSSR count). The Labute approximate surface area is 86.5 Å². The average molecular weight is 198 g/mol. The maximum Gasteiger partial charge on any atom is 0.0587 e. The Morgan fingerprint density at radius 3 is 2.79 bits per heavy atom. The molecular weight excluding hydrogens is 176 g/mol. The van der Waals surface area contributed by atoms with E-state index >= 15 is 0 Å². The van der Waals surface area contributed by atoms with Crippen molar-refractivity contribution < 1.29 is 5.11 Å². The molecule has 1 aliphatic heterocycles. The summed E-state index contributed by atoms with van der Waals surface area (Å²) in [4.78, 5) is 2.38. The Kier molecular flexibility index (Phi) is 3.42. The van der Waals surface area contributed by atoms with Gasteiger partial charge in [0.2, 0.25) is 0 Å². The molecule has 2 unspecified atom stereocenters. The second kappa shape index (κ2) is 4.60. The van der Waals surface area contributed by atoms with E-state index in [1.807, 2.05) is 0 Å². The molecule has 82 valence electrons. The van der Waals surface area contributed by atoms with Gasteiger partial charge >= 0.3 is 0 Å². The summed E-state index contributed by atoms with van der Waals surface area (Å²) in [5, 5.41) is 12.9. The molecule has 3 heteroatoms. The van der Waals surface area contributed by atoms with Crippen LogP contribution in [0.15, 0.2) is 0 Å². The van der Waals surface area contributed by atoms with Gasteiger partial charge in [-0.1, -0.05) is 0 Å². The molecule has 1 saturated carbocycles. The molecule has 0 amide bonds. The molecule has 0 aromatic carbocycles. The monoisotopic (exact) mass is 198 g/mol. The molecule has 3 nitrogen and oxygen atoms in total. The van der Waals surface area contributed by atoms with Crippen LogP contribution < -0.4 is 5.32 Å². The van der Waals surface area contributed by atoms with E-state index in [2.05, 4.69) is 17.3 Å². The van der Waals surface area contributed by atoms with Gasteiger partial charge in [0.05, 0.1) is 6.61 Å². The number of likely N-dealkylation sites (tertiary alicyclic amines) is 1. The number of piperidine rings is 1. The normalized spacial score (nSPS) is 31.7. The summed E-state index contributed by atoms with van der Waals surface area (Å²) in [6, 6.07) is 1.05. The number of aliphatic hydroxyl groups is 1. The van der Waals surface area contributed by atoms with Crippen molar-refractivity contribution in [2.75, 3.05) is 26.7 Å². The molecule has 0 spiro atoms. The number of aliphatic hydroxyl groups excluding tert-OH is 1. The zero-order valence-electron chi connectivity index (χ0n) is 9.08. The fourth-order valence-electron chi connectivity index (χ4n) is 2.43. The van der Waals surface area contributed by atoms with Gasteiger partial charge in [-0.15, -0.1) is 0 Å². The molecule has 2 aliphatic rings. The summed E-state index contributed by atoms with van der Waals surface area (Å²) in [6.45, 7) is 2.66. The summed E-state index contributed by atoms with van der Waals surface area (Å²) in [5.74, 6) is 0.652. The van der Waals surface area contributed by atoms with Gasteiger partial charge in [0.1, 0.15) is 0 Å². The number of nitrogens with zero attached hydrogens (tertiary/aromatic N) is 1. The smallest absolute Gasteiger partial charge is 0.0587 e. The van der Waals surface area contributed by atoms with Gasteiger partial charge in [-0.05, 0) is 45.2 Å². The Morgan fingerprint density at radius 1 is 1.43 bits per heavy atom. The van der Waals surface area contributed by atoms with Crippen molar-refractivity contribution in [2.45, 2.75) is 37.8 Å². The Bertz CT molecular complexity index is 180. The fourth-order valence-corrected chi connectivity index (χ4v) is 2.43. The Hall–Kier alpha value is -0.120. The van der Waals surface area contributed by atoms with Gasteiger partial charge in [0, 0.05) is 18.6 Å². The topological polar surface area (TPSA) is 35.5 Å². The fraction of sp³-hybridized carbons (Fsp3) is 1.00. The first-order chi connectivity index (χ1) is 6.79. The molecule has 2 atom stereocenters. The van der Waals surface area contributed by atoms with E-state index in [-0.39, 0.29) is 0 Å². The minimum atomic E-state index is 0.301. The molecule has 0 radical (unpaired) electrons. The van der Waals surface area contributed by atoms with Crippen LogP contribution in [0.4, 0.5) is 0 Å². The third-order valence-corrected chi connectivity index (χ3v) is 3.45. The number of hydrogen-bond donors (Lipinski definition) is 2. The van der Waals surface area contributed by atoms with Crippen LogP contribution >= 0.6 is 0 Å². The van der Waals surface area contributed by atoms with Gasteiger partial charge in [-0.2, -0.15) is 0 Å². The van der Waals surface area contributed by atoms with Crippen LogP contribution in [-0.4, -0.2) is 48.8 Å². The first-order valence-corrected chi connectivity index (χ1v) is 5.85. The van der Waals surface area contributed by atoms with Crippen molar-refractivity contribution >= 4 is 0 Å². The van der Waals surface area contributed by atoms with Crippen molar-refractivity contribution in [1.29, 1.82) is 0 Å². The van der Waals surface area contributed by atoms with Gasteiger partial charge in [-0.3, -0.25) is 0 Å². The van der Waals surface area contributed by atoms with Crippen LogP contribution in [-0.2, 0) is 0 Å². The minimum Gasteiger partial charge on any atom is -0.395 e. The third-order valence-electron chi connectivity index (χ3n) is 3.45. The van der Waals surface area contributed by atoms with E-state index in [9.17, 15) is 5.11 Å². The summed E-state index contributed by atoms with van der Waals surface area (Å²) in [6.07, 6.45) is 5.16. The van der Waals surface area contributed by atoms with Crippen molar-refractivity contribution in [2.24, 2.45) is 5.92 Å². The van der Waals surface area contributed by atoms with Crippen molar-refractivity contribution in [3.05, 3.63) is 0 Å². The van der Waals surface area contributed by atoms with Gasteiger partial charge < -0.3 is 15.3 Å². The lowest BCUT2D eigenvalue weighted by atomic mass is 9.91. The molecule has 1 heterocycles. The third kappa shape index (κ3) is 2.69. The van der Waals surface area contributed by atoms with Crippen molar-refractivity contribution in [3.63, 3.8) is 0 Å². The number of nitrogens with one attached hydrogen (secondary N) is 1. The summed E-state index contributed by atoms with van der Waals surface area (Å²) in [7, 11) is 2.18. The average Bonchev–Trinajstić information content (AvgIpc) is 2.98. The van der Waals surface area contributed by atoms with Crippen molar-refractivity contribution in [3.8, 4) is 0 Å². The van der Waals surface area contributed by atoms with E-state index in [1.165, 1.54) is 32.2 Å². The summed E-state index contributed by atoms with van der Waals surface area (Å²) < 4.78 is 0. The highest BCUT2D eigenvalue weighted by Gasteiger charge is 2.30. The van der Waals surface area contributed by atoms with Crippen LogP contribution in [0.5, 0.6) is 0 Å². The number of rotatable bonds is 4. The predicted octanol–water partition coefficient (Wildman–Crippen LogP) is 0.441. The first-order valence-electron chi connectivity index (χ1n) is 5.85. The van der Waals surface area contributed by atoms with E-state index in [4.69, 9.17) is 0 Å². The minimum absolute atomic E-state index is 0.301. The predicted molar refractivity (Wildman–Crippen MR) is 57.3 cm³/mol. The largest absolute Gasteiger partial charge is 0.395 e. The van der Waals surface area contributed by atoms with E-state index in [0.717, 1.165) is 6.54 Å². The summed E-state index contributed by atoms with van der Waals surface area (Å²) in [5.41, 5.74) is 0. The molecule has 2 fully saturated rings. The molecule has 1 aliphatic carbocycles. The lowest BCUT2D eigenvalue weighted by Gasteiger charge is -2.34. The second-order valence-electron chi connectivity index (χ2n) is 4.89. The van der Waals surface area contributed by atoms with Crippen LogP contribution in [0, 0.1) is 5.92 Å². The lowest BCUT2D eigenvalue weighted by molar-refractivity contribution is 0.130. The number of hydrogen-bond acceptors (Lipinski definition) is 3. The molecule has 2 N–H and O–H groups in total. The van der Waals surface area contributed by atoms with Gasteiger partial charge in [-0.25, -0.2) is 0 Å². The van der Waals surface area contributed by atoms with E-state index in [1.54, 1.807) is 0 Å². The highest BCUT2D eigenvalue weighted by molar-refractivity contribution is 4.89. The summed E-state index contributed by atoms with van der Waals surface area (Å²) >= 11 is 0. The van der Waals surface area contributed by atoms with E-state index < -0.39 is 0 Å². The van der Waals surface area contributed by atoms with Crippen LogP contribution in [0.1, 0.15) is 25.7 Å². The maximum absolute atomic E-state index is 9.36. The molecule has 0 bridgehead atoms. The highest BCUT2D eigenvalue weighted by atomic mass is 16.3.